The van der Waals surface area contributed by atoms with Gasteiger partial charge in [-0.1, -0.05) is 72.4 Å². The normalized spacial score (nSPS) is 11.6. The largest absolute Gasteiger partial charge is 0.325 e. The monoisotopic (exact) mass is 429 g/mol. The molecule has 3 aromatic carbocycles. The molecule has 8 heteroatoms. The molecule has 1 aromatic heterocycles. The molecule has 0 radical (unpaired) electrons. The molecule has 31 heavy (non-hydrogen) atoms. The van der Waals surface area contributed by atoms with Crippen LogP contribution < -0.4 is 5.32 Å². The number of hydrogen-bond acceptors (Lipinski definition) is 6. The van der Waals surface area contributed by atoms with Crippen LogP contribution in [0.25, 0.3) is 5.69 Å². The maximum Gasteiger partial charge on any atom is 0.242 e. The van der Waals surface area contributed by atoms with E-state index in [2.05, 4.69) is 20.8 Å². The van der Waals surface area contributed by atoms with Gasteiger partial charge in [0.15, 0.2) is 5.78 Å². The number of carbonyl (C=O) groups excluding carboxylic acids is 2. The zero-order chi connectivity index (χ0) is 21.6. The van der Waals surface area contributed by atoms with E-state index in [0.29, 0.717) is 16.4 Å². The Morgan fingerprint density at radius 2 is 1.65 bits per heavy atom. The molecule has 1 amide bonds. The SMILES string of the molecule is CC(=O)c1cccc(NC(=O)[C@@H](Sc2nnnn2-c2ccccc2)c2ccccc2)c1. The van der Waals surface area contributed by atoms with Gasteiger partial charge >= 0.3 is 0 Å². The molecule has 0 spiro atoms. The minimum Gasteiger partial charge on any atom is -0.325 e. The molecule has 4 aromatic rings. The Bertz CT molecular complexity index is 1190. The molecule has 0 aliphatic rings. The molecule has 0 unspecified atom stereocenters. The fraction of sp³-hybridized carbons (Fsp3) is 0.0870. The quantitative estimate of drug-likeness (QED) is 0.347. The smallest absolute Gasteiger partial charge is 0.242 e. The highest BCUT2D eigenvalue weighted by atomic mass is 32.2. The lowest BCUT2D eigenvalue weighted by molar-refractivity contribution is -0.115. The van der Waals surface area contributed by atoms with Crippen LogP contribution in [0.1, 0.15) is 28.1 Å². The van der Waals surface area contributed by atoms with Crippen molar-refractivity contribution in [2.75, 3.05) is 5.32 Å². The lowest BCUT2D eigenvalue weighted by Gasteiger charge is -2.17. The second-order valence-electron chi connectivity index (χ2n) is 6.74. The first-order valence-electron chi connectivity index (χ1n) is 9.59. The summed E-state index contributed by atoms with van der Waals surface area (Å²) in [7, 11) is 0. The molecule has 1 N–H and O–H groups in total. The summed E-state index contributed by atoms with van der Waals surface area (Å²) in [4.78, 5) is 25.0. The highest BCUT2D eigenvalue weighted by molar-refractivity contribution is 8.00. The number of nitrogens with one attached hydrogen (secondary N) is 1. The number of benzene rings is 3. The maximum atomic E-state index is 13.3. The lowest BCUT2D eigenvalue weighted by Crippen LogP contribution is -2.19. The van der Waals surface area contributed by atoms with Gasteiger partial charge in [0.25, 0.3) is 0 Å². The summed E-state index contributed by atoms with van der Waals surface area (Å²) in [6.07, 6.45) is 0. The van der Waals surface area contributed by atoms with Gasteiger partial charge in [-0.2, -0.15) is 4.68 Å². The van der Waals surface area contributed by atoms with E-state index in [-0.39, 0.29) is 11.7 Å². The summed E-state index contributed by atoms with van der Waals surface area (Å²) < 4.78 is 1.60. The van der Waals surface area contributed by atoms with Gasteiger partial charge in [-0.25, -0.2) is 0 Å². The molecular weight excluding hydrogens is 410 g/mol. The molecule has 0 aliphatic heterocycles. The molecule has 4 rings (SSSR count). The van der Waals surface area contributed by atoms with Crippen molar-refractivity contribution in [1.82, 2.24) is 20.2 Å². The van der Waals surface area contributed by atoms with Gasteiger partial charge in [0.2, 0.25) is 11.1 Å². The number of amides is 1. The van der Waals surface area contributed by atoms with Crippen LogP contribution in [0.2, 0.25) is 0 Å². The third kappa shape index (κ3) is 4.87. The van der Waals surface area contributed by atoms with Gasteiger partial charge in [-0.3, -0.25) is 9.59 Å². The molecule has 0 saturated heterocycles. The highest BCUT2D eigenvalue weighted by Crippen LogP contribution is 2.35. The summed E-state index contributed by atoms with van der Waals surface area (Å²) in [6, 6.07) is 25.8. The van der Waals surface area contributed by atoms with Crippen LogP contribution in [-0.2, 0) is 4.79 Å². The topological polar surface area (TPSA) is 89.8 Å². The molecule has 1 heterocycles. The summed E-state index contributed by atoms with van der Waals surface area (Å²) >= 11 is 1.26. The van der Waals surface area contributed by atoms with Crippen LogP contribution in [0.4, 0.5) is 5.69 Å². The standard InChI is InChI=1S/C23H19N5O2S/c1-16(29)18-11-8-12-19(15-18)24-22(30)21(17-9-4-2-5-10-17)31-23-25-26-27-28(23)20-13-6-3-7-14-20/h2-15,21H,1H3,(H,24,30)/t21-/m0/s1. The van der Waals surface area contributed by atoms with E-state index in [9.17, 15) is 9.59 Å². The van der Waals surface area contributed by atoms with E-state index in [4.69, 9.17) is 0 Å². The van der Waals surface area contributed by atoms with Gasteiger partial charge in [0.1, 0.15) is 5.25 Å². The molecule has 0 fully saturated rings. The summed E-state index contributed by atoms with van der Waals surface area (Å²) in [5.74, 6) is -0.299. The van der Waals surface area contributed by atoms with Crippen molar-refractivity contribution in [3.8, 4) is 5.69 Å². The number of rotatable bonds is 7. The maximum absolute atomic E-state index is 13.3. The molecule has 7 nitrogen and oxygen atoms in total. The van der Waals surface area contributed by atoms with Crippen molar-refractivity contribution in [1.29, 1.82) is 0 Å². The second kappa shape index (κ2) is 9.36. The molecule has 0 saturated carbocycles. The van der Waals surface area contributed by atoms with Crippen molar-refractivity contribution in [2.24, 2.45) is 0 Å². The number of Topliss-reactive ketones (excluding diaryl/α,β-unsaturated/α-hetero) is 1. The number of thioether (sulfide) groups is 1. The number of anilines is 1. The van der Waals surface area contributed by atoms with Gasteiger partial charge < -0.3 is 5.32 Å². The third-order valence-corrected chi connectivity index (χ3v) is 5.73. The number of tetrazole rings is 1. The Morgan fingerprint density at radius 1 is 0.935 bits per heavy atom. The first-order chi connectivity index (χ1) is 15.1. The summed E-state index contributed by atoms with van der Waals surface area (Å²) in [5, 5.41) is 14.8. The average Bonchev–Trinajstić information content (AvgIpc) is 3.27. The van der Waals surface area contributed by atoms with Gasteiger partial charge in [0, 0.05) is 11.3 Å². The zero-order valence-electron chi connectivity index (χ0n) is 16.7. The first-order valence-corrected chi connectivity index (χ1v) is 10.5. The Hall–Kier alpha value is -3.78. The molecule has 0 aliphatic carbocycles. The number of para-hydroxylation sites is 1. The summed E-state index contributed by atoms with van der Waals surface area (Å²) in [6.45, 7) is 1.49. The summed E-state index contributed by atoms with van der Waals surface area (Å²) in [5.41, 5.74) is 2.71. The molecule has 154 valence electrons. The molecular formula is C23H19N5O2S. The van der Waals surface area contributed by atoms with Crippen molar-refractivity contribution in [2.45, 2.75) is 17.3 Å². The van der Waals surface area contributed by atoms with Crippen molar-refractivity contribution < 1.29 is 9.59 Å². The van der Waals surface area contributed by atoms with Crippen molar-refractivity contribution in [3.05, 3.63) is 96.1 Å². The van der Waals surface area contributed by atoms with E-state index in [1.54, 1.807) is 28.9 Å². The second-order valence-corrected chi connectivity index (χ2v) is 7.82. The Morgan fingerprint density at radius 3 is 2.35 bits per heavy atom. The predicted molar refractivity (Wildman–Crippen MR) is 119 cm³/mol. The van der Waals surface area contributed by atoms with Crippen LogP contribution in [0, 0.1) is 0 Å². The average molecular weight is 430 g/mol. The fourth-order valence-corrected chi connectivity index (χ4v) is 4.01. The number of carbonyl (C=O) groups is 2. The van der Waals surface area contributed by atoms with Crippen molar-refractivity contribution >= 4 is 29.1 Å². The van der Waals surface area contributed by atoms with E-state index in [1.807, 2.05) is 60.7 Å². The van der Waals surface area contributed by atoms with Crippen LogP contribution >= 0.6 is 11.8 Å². The minimum atomic E-state index is -0.601. The van der Waals surface area contributed by atoms with Crippen molar-refractivity contribution in [3.63, 3.8) is 0 Å². The van der Waals surface area contributed by atoms with Crippen LogP contribution in [0.15, 0.2) is 90.1 Å². The van der Waals surface area contributed by atoms with Gasteiger partial charge in [0.05, 0.1) is 5.69 Å². The van der Waals surface area contributed by atoms with Crippen LogP contribution in [0.5, 0.6) is 0 Å². The predicted octanol–water partition coefficient (Wildman–Crippen LogP) is 4.34. The van der Waals surface area contributed by atoms with E-state index in [1.165, 1.54) is 18.7 Å². The minimum absolute atomic E-state index is 0.0629. The third-order valence-electron chi connectivity index (χ3n) is 4.54. The molecule has 0 bridgehead atoms. The number of aromatic nitrogens is 4. The van der Waals surface area contributed by atoms with Crippen LogP contribution in [-0.4, -0.2) is 31.9 Å². The molecule has 1 atom stereocenters. The fourth-order valence-electron chi connectivity index (χ4n) is 3.01. The van der Waals surface area contributed by atoms with Gasteiger partial charge in [-0.15, -0.1) is 5.10 Å². The Labute approximate surface area is 183 Å². The van der Waals surface area contributed by atoms with Crippen LogP contribution in [0.3, 0.4) is 0 Å². The number of nitrogens with zero attached hydrogens (tertiary/aromatic N) is 4. The Kier molecular flexibility index (Phi) is 6.18. The lowest BCUT2D eigenvalue weighted by atomic mass is 10.1. The van der Waals surface area contributed by atoms with Gasteiger partial charge in [-0.05, 0) is 47.2 Å². The number of hydrogen-bond donors (Lipinski definition) is 1. The zero-order valence-corrected chi connectivity index (χ0v) is 17.5. The van der Waals surface area contributed by atoms with E-state index >= 15 is 0 Å². The first kappa shape index (κ1) is 20.5. The Balaban J connectivity index is 1.64. The van der Waals surface area contributed by atoms with E-state index < -0.39 is 5.25 Å². The highest BCUT2D eigenvalue weighted by Gasteiger charge is 2.25. The van der Waals surface area contributed by atoms with E-state index in [0.717, 1.165) is 11.3 Å². The number of ketones is 1.